The first-order valence-electron chi connectivity index (χ1n) is 6.78. The fourth-order valence-corrected chi connectivity index (χ4v) is 3.99. The monoisotopic (exact) mass is 285 g/mol. The lowest BCUT2D eigenvalue weighted by Crippen LogP contribution is -2.33. The number of rotatable bonds is 4. The van der Waals surface area contributed by atoms with E-state index in [2.05, 4.69) is 34.9 Å². The quantitative estimate of drug-likeness (QED) is 0.845. The van der Waals surface area contributed by atoms with Crippen LogP contribution in [0, 0.1) is 4.77 Å². The molecule has 0 spiro atoms. The van der Waals surface area contributed by atoms with E-state index in [4.69, 9.17) is 12.2 Å². The van der Waals surface area contributed by atoms with Crippen LogP contribution in [0.4, 0.5) is 0 Å². The fraction of sp³-hybridized carbons (Fsp3) is 0.846. The van der Waals surface area contributed by atoms with E-state index in [0.717, 1.165) is 17.1 Å². The van der Waals surface area contributed by atoms with Crippen molar-refractivity contribution < 1.29 is 0 Å². The predicted octanol–water partition coefficient (Wildman–Crippen LogP) is 4.13. The van der Waals surface area contributed by atoms with Gasteiger partial charge in [-0.25, -0.2) is 0 Å². The van der Waals surface area contributed by atoms with Crippen LogP contribution in [-0.4, -0.2) is 25.8 Å². The van der Waals surface area contributed by atoms with Gasteiger partial charge in [0.25, 0.3) is 0 Å². The number of nitrogens with one attached hydrogen (secondary N) is 1. The summed E-state index contributed by atoms with van der Waals surface area (Å²) in [5, 5.41) is 7.34. The molecule has 0 aromatic carbocycles. The third-order valence-electron chi connectivity index (χ3n) is 3.95. The molecule has 0 aliphatic heterocycles. The van der Waals surface area contributed by atoms with Gasteiger partial charge in [-0.15, -0.1) is 0 Å². The van der Waals surface area contributed by atoms with E-state index in [1.165, 1.54) is 32.1 Å². The van der Waals surface area contributed by atoms with Crippen LogP contribution in [-0.2, 0) is 6.54 Å². The molecule has 0 unspecified atom stereocenters. The Labute approximate surface area is 119 Å². The average molecular weight is 285 g/mol. The summed E-state index contributed by atoms with van der Waals surface area (Å²) in [6.07, 6.45) is 8.93. The van der Waals surface area contributed by atoms with Gasteiger partial charge in [-0.2, -0.15) is 16.9 Å². The zero-order valence-corrected chi connectivity index (χ0v) is 13.2. The second-order valence-corrected chi connectivity index (χ2v) is 7.24. The Hall–Kier alpha value is -0.290. The molecule has 0 saturated heterocycles. The highest BCUT2D eigenvalue weighted by Gasteiger charge is 2.32. The Morgan fingerprint density at radius 1 is 1.39 bits per heavy atom. The molecule has 2 rings (SSSR count). The number of nitrogens with zero attached hydrogens (tertiary/aromatic N) is 2. The minimum Gasteiger partial charge on any atom is -0.303 e. The van der Waals surface area contributed by atoms with Crippen LogP contribution in [0.15, 0.2) is 0 Å². The maximum Gasteiger partial charge on any atom is 0.195 e. The molecule has 1 aliphatic carbocycles. The highest BCUT2D eigenvalue weighted by molar-refractivity contribution is 8.00. The van der Waals surface area contributed by atoms with Gasteiger partial charge < -0.3 is 4.57 Å². The van der Waals surface area contributed by atoms with E-state index in [1.54, 1.807) is 0 Å². The van der Waals surface area contributed by atoms with Crippen molar-refractivity contribution in [3.63, 3.8) is 0 Å². The van der Waals surface area contributed by atoms with Gasteiger partial charge >= 0.3 is 0 Å². The number of thioether (sulfide) groups is 1. The molecule has 5 heteroatoms. The highest BCUT2D eigenvalue weighted by atomic mass is 32.2. The molecule has 1 heterocycles. The van der Waals surface area contributed by atoms with E-state index >= 15 is 0 Å². The van der Waals surface area contributed by atoms with Gasteiger partial charge in [-0.1, -0.05) is 33.1 Å². The molecule has 1 N–H and O–H groups in total. The first-order valence-corrected chi connectivity index (χ1v) is 8.41. The summed E-state index contributed by atoms with van der Waals surface area (Å²) in [4.78, 5) is 0. The number of H-pyrrole nitrogens is 1. The minimum atomic E-state index is 0.365. The van der Waals surface area contributed by atoms with Crippen molar-refractivity contribution in [3.8, 4) is 0 Å². The number of hydrogen-bond donors (Lipinski definition) is 1. The van der Waals surface area contributed by atoms with Crippen LogP contribution in [0.25, 0.3) is 0 Å². The lowest BCUT2D eigenvalue weighted by atomic mass is 9.88. The Morgan fingerprint density at radius 2 is 2.06 bits per heavy atom. The van der Waals surface area contributed by atoms with Crippen molar-refractivity contribution in [3.05, 3.63) is 10.6 Å². The van der Waals surface area contributed by atoms with Crippen LogP contribution in [0.5, 0.6) is 0 Å². The molecule has 1 aromatic rings. The summed E-state index contributed by atoms with van der Waals surface area (Å²) in [7, 11) is 0. The van der Waals surface area contributed by atoms with E-state index in [-0.39, 0.29) is 0 Å². The molecular weight excluding hydrogens is 262 g/mol. The van der Waals surface area contributed by atoms with Crippen molar-refractivity contribution in [2.45, 2.75) is 63.2 Å². The van der Waals surface area contributed by atoms with Crippen molar-refractivity contribution >= 4 is 24.0 Å². The Morgan fingerprint density at radius 3 is 2.61 bits per heavy atom. The number of aromatic amines is 1. The summed E-state index contributed by atoms with van der Waals surface area (Å²) in [5.74, 6) is 1.51. The summed E-state index contributed by atoms with van der Waals surface area (Å²) in [6, 6.07) is 0. The molecule has 0 bridgehead atoms. The number of hydrogen-bond acceptors (Lipinski definition) is 3. The van der Waals surface area contributed by atoms with Crippen LogP contribution in [0.2, 0.25) is 0 Å². The lowest BCUT2D eigenvalue weighted by molar-refractivity contribution is 0.351. The Kier molecular flexibility index (Phi) is 4.54. The molecule has 0 amide bonds. The predicted molar refractivity (Wildman–Crippen MR) is 80.8 cm³/mol. The third-order valence-corrected chi connectivity index (χ3v) is 5.66. The third kappa shape index (κ3) is 2.82. The van der Waals surface area contributed by atoms with Crippen LogP contribution < -0.4 is 0 Å². The van der Waals surface area contributed by atoms with Crippen molar-refractivity contribution in [1.82, 2.24) is 14.8 Å². The second kappa shape index (κ2) is 5.78. The molecule has 0 atom stereocenters. The topological polar surface area (TPSA) is 33.6 Å². The summed E-state index contributed by atoms with van der Waals surface area (Å²) in [5.41, 5.74) is 0. The number of aromatic nitrogens is 3. The zero-order valence-electron chi connectivity index (χ0n) is 11.5. The van der Waals surface area contributed by atoms with E-state index < -0.39 is 0 Å². The Balaban J connectivity index is 2.26. The minimum absolute atomic E-state index is 0.365. The first-order chi connectivity index (χ1) is 8.58. The average Bonchev–Trinajstić information content (AvgIpc) is 2.72. The molecule has 1 saturated carbocycles. The second-order valence-electron chi connectivity index (χ2n) is 5.58. The molecule has 1 aliphatic rings. The van der Waals surface area contributed by atoms with Crippen molar-refractivity contribution in [2.75, 3.05) is 6.26 Å². The van der Waals surface area contributed by atoms with Gasteiger partial charge in [-0.05, 0) is 31.3 Å². The fourth-order valence-electron chi connectivity index (χ4n) is 2.83. The maximum absolute atomic E-state index is 5.39. The van der Waals surface area contributed by atoms with Crippen molar-refractivity contribution in [1.29, 1.82) is 0 Å². The van der Waals surface area contributed by atoms with E-state index in [1.807, 2.05) is 11.8 Å². The van der Waals surface area contributed by atoms with Crippen molar-refractivity contribution in [2.24, 2.45) is 0 Å². The first kappa shape index (κ1) is 14.1. The summed E-state index contributed by atoms with van der Waals surface area (Å²) < 4.78 is 3.36. The lowest BCUT2D eigenvalue weighted by Gasteiger charge is -2.36. The molecular formula is C13H23N3S2. The summed E-state index contributed by atoms with van der Waals surface area (Å²) >= 11 is 7.41. The SMILES string of the molecule is CSC1(Cn2c(C(C)C)n[nH]c2=S)CCCCC1. The van der Waals surface area contributed by atoms with Crippen LogP contribution in [0.1, 0.15) is 57.7 Å². The smallest absolute Gasteiger partial charge is 0.195 e. The molecule has 3 nitrogen and oxygen atoms in total. The molecule has 18 heavy (non-hydrogen) atoms. The maximum atomic E-state index is 5.39. The van der Waals surface area contributed by atoms with E-state index in [9.17, 15) is 0 Å². The van der Waals surface area contributed by atoms with Gasteiger partial charge in [0.05, 0.1) is 0 Å². The summed E-state index contributed by atoms with van der Waals surface area (Å²) in [6.45, 7) is 5.36. The van der Waals surface area contributed by atoms with Gasteiger partial charge in [0, 0.05) is 17.2 Å². The molecule has 0 radical (unpaired) electrons. The van der Waals surface area contributed by atoms with Gasteiger partial charge in [0.1, 0.15) is 5.82 Å². The van der Waals surface area contributed by atoms with Crippen LogP contribution in [0.3, 0.4) is 0 Å². The molecule has 1 aromatic heterocycles. The standard InChI is InChI=1S/C13H23N3S2/c1-10(2)11-14-15-12(17)16(11)9-13(18-3)7-5-4-6-8-13/h10H,4-9H2,1-3H3,(H,15,17). The normalized spacial score (nSPS) is 19.3. The molecule has 102 valence electrons. The van der Waals surface area contributed by atoms with Gasteiger partial charge in [-0.3, -0.25) is 5.10 Å². The largest absolute Gasteiger partial charge is 0.303 e. The highest BCUT2D eigenvalue weighted by Crippen LogP contribution is 2.40. The van der Waals surface area contributed by atoms with Gasteiger partial charge in [0.15, 0.2) is 4.77 Å². The van der Waals surface area contributed by atoms with E-state index in [0.29, 0.717) is 10.7 Å². The molecule has 1 fully saturated rings. The van der Waals surface area contributed by atoms with Crippen LogP contribution >= 0.6 is 24.0 Å². The zero-order chi connectivity index (χ0) is 13.2. The van der Waals surface area contributed by atoms with Gasteiger partial charge in [0.2, 0.25) is 0 Å². The Bertz CT molecular complexity index is 441.